The van der Waals surface area contributed by atoms with Crippen molar-refractivity contribution >= 4 is 11.6 Å². The average molecular weight is 253 g/mol. The summed E-state index contributed by atoms with van der Waals surface area (Å²) in [6.45, 7) is 9.10. The maximum atomic E-state index is 5.85. The van der Waals surface area contributed by atoms with Gasteiger partial charge in [-0.15, -0.1) is 11.6 Å². The van der Waals surface area contributed by atoms with Crippen LogP contribution in [0.4, 0.5) is 0 Å². The van der Waals surface area contributed by atoms with Gasteiger partial charge in [0, 0.05) is 5.88 Å². The molecule has 0 amide bonds. The van der Waals surface area contributed by atoms with Gasteiger partial charge in [-0.25, -0.2) is 0 Å². The SMILES string of the molecule is CCCC(C)(C)c1ccc(CC(C)CCl)cc1. The van der Waals surface area contributed by atoms with Gasteiger partial charge in [0.25, 0.3) is 0 Å². The van der Waals surface area contributed by atoms with Gasteiger partial charge < -0.3 is 0 Å². The molecule has 17 heavy (non-hydrogen) atoms. The molecule has 1 aromatic rings. The molecule has 0 saturated carbocycles. The van der Waals surface area contributed by atoms with Gasteiger partial charge in [-0.2, -0.15) is 0 Å². The Morgan fingerprint density at radius 2 is 1.76 bits per heavy atom. The minimum Gasteiger partial charge on any atom is -0.126 e. The first-order valence-electron chi connectivity index (χ1n) is 6.65. The zero-order valence-corrected chi connectivity index (χ0v) is 12.3. The molecular weight excluding hydrogens is 228 g/mol. The van der Waals surface area contributed by atoms with Crippen LogP contribution in [0.25, 0.3) is 0 Å². The van der Waals surface area contributed by atoms with Gasteiger partial charge in [-0.1, -0.05) is 58.4 Å². The fourth-order valence-corrected chi connectivity index (χ4v) is 2.43. The van der Waals surface area contributed by atoms with Crippen molar-refractivity contribution < 1.29 is 0 Å². The molecule has 1 unspecified atom stereocenters. The van der Waals surface area contributed by atoms with Crippen molar-refractivity contribution in [1.82, 2.24) is 0 Å². The van der Waals surface area contributed by atoms with Gasteiger partial charge in [0.05, 0.1) is 0 Å². The molecule has 0 radical (unpaired) electrons. The Balaban J connectivity index is 2.74. The average Bonchev–Trinajstić information content (AvgIpc) is 2.29. The molecular formula is C16H25Cl. The molecule has 0 nitrogen and oxygen atoms in total. The molecule has 0 fully saturated rings. The largest absolute Gasteiger partial charge is 0.126 e. The zero-order valence-electron chi connectivity index (χ0n) is 11.6. The fraction of sp³-hybridized carbons (Fsp3) is 0.625. The van der Waals surface area contributed by atoms with Crippen LogP contribution in [0, 0.1) is 5.92 Å². The maximum Gasteiger partial charge on any atom is 0.0252 e. The lowest BCUT2D eigenvalue weighted by molar-refractivity contribution is 0.473. The highest BCUT2D eigenvalue weighted by Gasteiger charge is 2.18. The number of hydrogen-bond acceptors (Lipinski definition) is 0. The molecule has 0 spiro atoms. The van der Waals surface area contributed by atoms with E-state index in [1.807, 2.05) is 0 Å². The predicted octanol–water partition coefficient (Wildman–Crippen LogP) is 5.18. The molecule has 0 aliphatic rings. The Hall–Kier alpha value is -0.490. The van der Waals surface area contributed by atoms with Crippen molar-refractivity contribution in [2.75, 3.05) is 5.88 Å². The number of halogens is 1. The summed E-state index contributed by atoms with van der Waals surface area (Å²) in [4.78, 5) is 0. The zero-order chi connectivity index (χ0) is 12.9. The summed E-state index contributed by atoms with van der Waals surface area (Å²) in [7, 11) is 0. The van der Waals surface area contributed by atoms with E-state index in [9.17, 15) is 0 Å². The van der Waals surface area contributed by atoms with E-state index in [0.29, 0.717) is 11.3 Å². The van der Waals surface area contributed by atoms with Crippen LogP contribution in [0.1, 0.15) is 51.7 Å². The van der Waals surface area contributed by atoms with E-state index < -0.39 is 0 Å². The van der Waals surface area contributed by atoms with Gasteiger partial charge in [0.15, 0.2) is 0 Å². The highest BCUT2D eigenvalue weighted by molar-refractivity contribution is 6.18. The predicted molar refractivity (Wildman–Crippen MR) is 78.0 cm³/mol. The van der Waals surface area contributed by atoms with Gasteiger partial charge in [-0.3, -0.25) is 0 Å². The topological polar surface area (TPSA) is 0 Å². The van der Waals surface area contributed by atoms with E-state index >= 15 is 0 Å². The van der Waals surface area contributed by atoms with Crippen molar-refractivity contribution in [3.05, 3.63) is 35.4 Å². The van der Waals surface area contributed by atoms with Crippen molar-refractivity contribution in [3.63, 3.8) is 0 Å². The monoisotopic (exact) mass is 252 g/mol. The summed E-state index contributed by atoms with van der Waals surface area (Å²) < 4.78 is 0. The van der Waals surface area contributed by atoms with Gasteiger partial charge >= 0.3 is 0 Å². The molecule has 0 aromatic heterocycles. The van der Waals surface area contributed by atoms with Crippen LogP contribution in [0.5, 0.6) is 0 Å². The number of hydrogen-bond donors (Lipinski definition) is 0. The lowest BCUT2D eigenvalue weighted by Crippen LogP contribution is -2.16. The van der Waals surface area contributed by atoms with E-state index in [1.165, 1.54) is 24.0 Å². The van der Waals surface area contributed by atoms with Crippen LogP contribution < -0.4 is 0 Å². The van der Waals surface area contributed by atoms with Gasteiger partial charge in [0.1, 0.15) is 0 Å². The van der Waals surface area contributed by atoms with Crippen LogP contribution >= 0.6 is 11.6 Å². The van der Waals surface area contributed by atoms with Crippen molar-refractivity contribution in [3.8, 4) is 0 Å². The molecule has 0 bridgehead atoms. The van der Waals surface area contributed by atoms with Crippen molar-refractivity contribution in [2.45, 2.75) is 52.4 Å². The maximum absolute atomic E-state index is 5.85. The van der Waals surface area contributed by atoms with Gasteiger partial charge in [0.2, 0.25) is 0 Å². The van der Waals surface area contributed by atoms with Crippen LogP contribution in [0.15, 0.2) is 24.3 Å². The molecule has 0 heterocycles. The van der Waals surface area contributed by atoms with E-state index in [1.54, 1.807) is 0 Å². The minimum absolute atomic E-state index is 0.297. The van der Waals surface area contributed by atoms with Crippen LogP contribution in [0.2, 0.25) is 0 Å². The molecule has 1 heteroatoms. The van der Waals surface area contributed by atoms with E-state index in [4.69, 9.17) is 11.6 Å². The van der Waals surface area contributed by atoms with Crippen molar-refractivity contribution in [1.29, 1.82) is 0 Å². The summed E-state index contributed by atoms with van der Waals surface area (Å²) in [6, 6.07) is 9.09. The highest BCUT2D eigenvalue weighted by atomic mass is 35.5. The molecule has 1 atom stereocenters. The smallest absolute Gasteiger partial charge is 0.0252 e. The third-order valence-corrected chi connectivity index (χ3v) is 3.98. The van der Waals surface area contributed by atoms with Crippen molar-refractivity contribution in [2.24, 2.45) is 5.92 Å². The Morgan fingerprint density at radius 3 is 2.24 bits per heavy atom. The number of benzene rings is 1. The standard InChI is InChI=1S/C16H25Cl/c1-5-10-16(3,4)15-8-6-14(7-9-15)11-13(2)12-17/h6-9,13H,5,10-12H2,1-4H3. The fourth-order valence-electron chi connectivity index (χ4n) is 2.32. The molecule has 1 aromatic carbocycles. The third kappa shape index (κ3) is 4.35. The Labute approximate surface area is 111 Å². The van der Waals surface area contributed by atoms with Crippen LogP contribution in [0.3, 0.4) is 0 Å². The lowest BCUT2D eigenvalue weighted by atomic mass is 9.80. The van der Waals surface area contributed by atoms with E-state index in [-0.39, 0.29) is 0 Å². The third-order valence-electron chi connectivity index (χ3n) is 3.46. The first kappa shape index (κ1) is 14.6. The Bertz CT molecular complexity index is 324. The molecule has 0 aliphatic heterocycles. The summed E-state index contributed by atoms with van der Waals surface area (Å²) in [5.74, 6) is 1.30. The molecule has 0 saturated heterocycles. The second-order valence-corrected chi connectivity index (χ2v) is 6.10. The number of rotatable bonds is 6. The van der Waals surface area contributed by atoms with Gasteiger partial charge in [-0.05, 0) is 35.3 Å². The summed E-state index contributed by atoms with van der Waals surface area (Å²) in [5, 5.41) is 0. The van der Waals surface area contributed by atoms with E-state index in [0.717, 1.165) is 12.3 Å². The Morgan fingerprint density at radius 1 is 1.18 bits per heavy atom. The molecule has 1 rings (SSSR count). The van der Waals surface area contributed by atoms with Crippen LogP contribution in [-0.4, -0.2) is 5.88 Å². The van der Waals surface area contributed by atoms with Crippen LogP contribution in [-0.2, 0) is 11.8 Å². The summed E-state index contributed by atoms with van der Waals surface area (Å²) in [6.07, 6.45) is 3.56. The normalized spacial score (nSPS) is 13.7. The summed E-state index contributed by atoms with van der Waals surface area (Å²) in [5.41, 5.74) is 3.14. The number of alkyl halides is 1. The quantitative estimate of drug-likeness (QED) is 0.612. The second-order valence-electron chi connectivity index (χ2n) is 5.79. The second kappa shape index (κ2) is 6.44. The molecule has 96 valence electrons. The first-order chi connectivity index (χ1) is 7.99. The highest BCUT2D eigenvalue weighted by Crippen LogP contribution is 2.28. The lowest BCUT2D eigenvalue weighted by Gasteiger charge is -2.25. The molecule has 0 aliphatic carbocycles. The minimum atomic E-state index is 0.297. The molecule has 0 N–H and O–H groups in total. The first-order valence-corrected chi connectivity index (χ1v) is 7.18. The Kier molecular flexibility index (Phi) is 5.52. The van der Waals surface area contributed by atoms with E-state index in [2.05, 4.69) is 52.0 Å². The summed E-state index contributed by atoms with van der Waals surface area (Å²) >= 11 is 5.85.